The van der Waals surface area contributed by atoms with Crippen molar-refractivity contribution in [3.05, 3.63) is 89.5 Å². The molecule has 192 valence electrons. The average molecular weight is 504 g/mol. The van der Waals surface area contributed by atoms with Crippen molar-refractivity contribution in [3.8, 4) is 0 Å². The molecule has 1 heterocycles. The van der Waals surface area contributed by atoms with Crippen molar-refractivity contribution in [2.45, 2.75) is 31.8 Å². The molecule has 0 spiro atoms. The maximum absolute atomic E-state index is 12.7. The molecule has 4 rings (SSSR count). The quantitative estimate of drug-likeness (QED) is 0.374. The predicted molar refractivity (Wildman–Crippen MR) is 135 cm³/mol. The molecule has 0 aromatic heterocycles. The van der Waals surface area contributed by atoms with Gasteiger partial charge < -0.3 is 14.9 Å². The van der Waals surface area contributed by atoms with Gasteiger partial charge in [-0.1, -0.05) is 60.7 Å². The molecule has 2 aliphatic rings. The van der Waals surface area contributed by atoms with Gasteiger partial charge in [-0.15, -0.1) is 0 Å². The smallest absolute Gasteiger partial charge is 0.315 e. The number of nitrogens with zero attached hydrogens (tertiary/aromatic N) is 1. The third-order valence-electron chi connectivity index (χ3n) is 7.18. The highest BCUT2D eigenvalue weighted by Gasteiger charge is 2.40. The number of benzene rings is 2. The zero-order valence-corrected chi connectivity index (χ0v) is 20.5. The summed E-state index contributed by atoms with van der Waals surface area (Å²) in [6.45, 7) is -0.133. The SMILES string of the molecule is COC(=O)C1(CCC(O)C(CCN2C(=O)c3ccccc3C2=O)C(=O)O)C=CC(c2ccccc2)=CC1. The van der Waals surface area contributed by atoms with Gasteiger partial charge >= 0.3 is 11.9 Å². The predicted octanol–water partition coefficient (Wildman–Crippen LogP) is 3.72. The normalized spacial score (nSPS) is 20.3. The lowest BCUT2D eigenvalue weighted by molar-refractivity contribution is -0.150. The summed E-state index contributed by atoms with van der Waals surface area (Å²) in [6, 6.07) is 16.1. The number of hydrogen-bond acceptors (Lipinski definition) is 6. The molecular formula is C29H29NO7. The van der Waals surface area contributed by atoms with Gasteiger partial charge in [-0.25, -0.2) is 0 Å². The van der Waals surface area contributed by atoms with Crippen LogP contribution in [-0.2, 0) is 14.3 Å². The Kier molecular flexibility index (Phi) is 7.69. The number of methoxy groups -OCH3 is 1. The molecule has 0 bridgehead atoms. The van der Waals surface area contributed by atoms with Crippen LogP contribution in [0.15, 0.2) is 72.8 Å². The van der Waals surface area contributed by atoms with E-state index in [9.17, 15) is 29.4 Å². The molecule has 0 saturated heterocycles. The van der Waals surface area contributed by atoms with E-state index in [-0.39, 0.29) is 36.9 Å². The fourth-order valence-electron chi connectivity index (χ4n) is 4.96. The number of allylic oxidation sites excluding steroid dienone is 3. The molecule has 0 fully saturated rings. The van der Waals surface area contributed by atoms with Crippen LogP contribution in [0.2, 0.25) is 0 Å². The lowest BCUT2D eigenvalue weighted by Crippen LogP contribution is -2.38. The maximum atomic E-state index is 12.7. The lowest BCUT2D eigenvalue weighted by atomic mass is 9.74. The monoisotopic (exact) mass is 503 g/mol. The second-order valence-electron chi connectivity index (χ2n) is 9.36. The van der Waals surface area contributed by atoms with E-state index in [0.29, 0.717) is 6.42 Å². The molecule has 2 amide bonds. The molecule has 3 atom stereocenters. The Morgan fingerprint density at radius 1 is 1.00 bits per heavy atom. The molecule has 3 unspecified atom stereocenters. The highest BCUT2D eigenvalue weighted by Crippen LogP contribution is 2.39. The van der Waals surface area contributed by atoms with Crippen LogP contribution >= 0.6 is 0 Å². The van der Waals surface area contributed by atoms with Crippen LogP contribution < -0.4 is 0 Å². The summed E-state index contributed by atoms with van der Waals surface area (Å²) in [4.78, 5) is 51.0. The maximum Gasteiger partial charge on any atom is 0.315 e. The molecule has 2 N–H and O–H groups in total. The van der Waals surface area contributed by atoms with E-state index in [4.69, 9.17) is 4.74 Å². The van der Waals surface area contributed by atoms with Crippen LogP contribution in [-0.4, -0.2) is 58.6 Å². The van der Waals surface area contributed by atoms with Gasteiger partial charge in [-0.3, -0.25) is 24.1 Å². The zero-order chi connectivity index (χ0) is 26.6. The molecule has 0 radical (unpaired) electrons. The number of amides is 2. The summed E-state index contributed by atoms with van der Waals surface area (Å²) in [5, 5.41) is 20.6. The van der Waals surface area contributed by atoms with Crippen LogP contribution in [0.5, 0.6) is 0 Å². The number of ether oxygens (including phenoxy) is 1. The number of carboxylic acid groups (broad SMARTS) is 1. The summed E-state index contributed by atoms with van der Waals surface area (Å²) >= 11 is 0. The molecule has 1 aliphatic carbocycles. The number of carboxylic acids is 1. The van der Waals surface area contributed by atoms with E-state index < -0.39 is 41.2 Å². The lowest BCUT2D eigenvalue weighted by Gasteiger charge is -2.31. The fraction of sp³-hybridized carbons (Fsp3) is 0.310. The van der Waals surface area contributed by atoms with E-state index in [0.717, 1.165) is 16.0 Å². The average Bonchev–Trinajstić information content (AvgIpc) is 3.17. The minimum absolute atomic E-state index is 0.0209. The number of hydrogen-bond donors (Lipinski definition) is 2. The van der Waals surface area contributed by atoms with Gasteiger partial charge in [-0.05, 0) is 49.0 Å². The van der Waals surface area contributed by atoms with Crippen LogP contribution in [0.25, 0.3) is 5.57 Å². The minimum atomic E-state index is -1.29. The number of aliphatic hydroxyl groups is 1. The summed E-state index contributed by atoms with van der Waals surface area (Å²) in [5.74, 6) is -3.87. The van der Waals surface area contributed by atoms with Gasteiger partial charge in [0.15, 0.2) is 0 Å². The Morgan fingerprint density at radius 2 is 1.62 bits per heavy atom. The van der Waals surface area contributed by atoms with Crippen molar-refractivity contribution in [1.82, 2.24) is 4.90 Å². The van der Waals surface area contributed by atoms with E-state index in [1.807, 2.05) is 42.5 Å². The number of fused-ring (bicyclic) bond motifs is 1. The first kappa shape index (κ1) is 26.0. The van der Waals surface area contributed by atoms with Crippen molar-refractivity contribution in [1.29, 1.82) is 0 Å². The summed E-state index contributed by atoms with van der Waals surface area (Å²) in [7, 11) is 1.30. The molecule has 37 heavy (non-hydrogen) atoms. The van der Waals surface area contributed by atoms with Crippen molar-refractivity contribution < 1.29 is 34.1 Å². The molecular weight excluding hydrogens is 474 g/mol. The number of carbonyl (C=O) groups excluding carboxylic acids is 3. The Bertz CT molecular complexity index is 1230. The van der Waals surface area contributed by atoms with Gasteiger partial charge in [0.05, 0.1) is 35.7 Å². The molecule has 8 heteroatoms. The Hall–Kier alpha value is -4.04. The number of imide groups is 1. The molecule has 0 saturated carbocycles. The number of carbonyl (C=O) groups is 4. The van der Waals surface area contributed by atoms with Crippen molar-refractivity contribution >= 4 is 29.3 Å². The van der Waals surface area contributed by atoms with E-state index >= 15 is 0 Å². The molecule has 2 aromatic rings. The van der Waals surface area contributed by atoms with Gasteiger partial charge in [0.2, 0.25) is 0 Å². The van der Waals surface area contributed by atoms with Crippen LogP contribution in [0, 0.1) is 11.3 Å². The highest BCUT2D eigenvalue weighted by molar-refractivity contribution is 6.21. The van der Waals surface area contributed by atoms with E-state index in [2.05, 4.69) is 0 Å². The van der Waals surface area contributed by atoms with Crippen molar-refractivity contribution in [3.63, 3.8) is 0 Å². The standard InChI is InChI=1S/C29H29NO7/c1-37-28(36)29(15-11-20(12-16-29)19-7-3-2-4-8-19)17-13-24(31)23(27(34)35)14-18-30-25(32)21-9-5-6-10-22(21)26(30)33/h2-12,15,23-24,31H,13-14,16-18H2,1H3,(H,34,35). The van der Waals surface area contributed by atoms with E-state index in [1.54, 1.807) is 30.3 Å². The third-order valence-corrected chi connectivity index (χ3v) is 7.18. The number of esters is 1. The fourth-order valence-corrected chi connectivity index (χ4v) is 4.96. The Labute approximate surface area is 214 Å². The van der Waals surface area contributed by atoms with Gasteiger partial charge in [0.25, 0.3) is 11.8 Å². The van der Waals surface area contributed by atoms with Gasteiger partial charge in [0, 0.05) is 6.54 Å². The summed E-state index contributed by atoms with van der Waals surface area (Å²) in [5.41, 5.74) is 1.51. The Balaban J connectivity index is 1.41. The van der Waals surface area contributed by atoms with E-state index in [1.165, 1.54) is 7.11 Å². The van der Waals surface area contributed by atoms with Crippen molar-refractivity contribution in [2.24, 2.45) is 11.3 Å². The first-order valence-electron chi connectivity index (χ1n) is 12.2. The van der Waals surface area contributed by atoms with Crippen LogP contribution in [0.3, 0.4) is 0 Å². The topological polar surface area (TPSA) is 121 Å². The largest absolute Gasteiger partial charge is 0.481 e. The second kappa shape index (κ2) is 10.9. The van der Waals surface area contributed by atoms with Crippen molar-refractivity contribution in [2.75, 3.05) is 13.7 Å². The Morgan fingerprint density at radius 3 is 2.16 bits per heavy atom. The summed E-state index contributed by atoms with van der Waals surface area (Å²) < 4.78 is 5.04. The molecule has 8 nitrogen and oxygen atoms in total. The number of aliphatic carboxylic acids is 1. The summed E-state index contributed by atoms with van der Waals surface area (Å²) in [6.07, 6.45) is 4.69. The first-order valence-corrected chi connectivity index (χ1v) is 12.2. The van der Waals surface area contributed by atoms with Crippen LogP contribution in [0.4, 0.5) is 0 Å². The first-order chi connectivity index (χ1) is 17.8. The number of rotatable bonds is 10. The number of aliphatic hydroxyl groups excluding tert-OH is 1. The minimum Gasteiger partial charge on any atom is -0.481 e. The van der Waals surface area contributed by atoms with Gasteiger partial charge in [0.1, 0.15) is 0 Å². The van der Waals surface area contributed by atoms with Crippen LogP contribution in [0.1, 0.15) is 52.0 Å². The zero-order valence-electron chi connectivity index (χ0n) is 20.5. The van der Waals surface area contributed by atoms with Gasteiger partial charge in [-0.2, -0.15) is 0 Å². The molecule has 1 aliphatic heterocycles. The third kappa shape index (κ3) is 5.24. The highest BCUT2D eigenvalue weighted by atomic mass is 16.5. The molecule has 2 aromatic carbocycles. The second-order valence-corrected chi connectivity index (χ2v) is 9.36.